The highest BCUT2D eigenvalue weighted by Crippen LogP contribution is 2.20. The minimum Gasteiger partial charge on any atom is -0.491 e. The first-order chi connectivity index (χ1) is 8.51. The van der Waals surface area contributed by atoms with Gasteiger partial charge in [0, 0.05) is 11.4 Å². The van der Waals surface area contributed by atoms with Gasteiger partial charge >= 0.3 is 5.97 Å². The molecule has 4 nitrogen and oxygen atoms in total. The topological polar surface area (TPSA) is 72.6 Å². The number of nitrogens with two attached hydrogens (primary N) is 1. The smallest absolute Gasteiger partial charge is 0.303 e. The fourth-order valence-electron chi connectivity index (χ4n) is 1.80. The van der Waals surface area contributed by atoms with Crippen molar-refractivity contribution in [2.75, 3.05) is 6.54 Å². The molecule has 1 aromatic rings. The molecule has 0 aliphatic heterocycles. The summed E-state index contributed by atoms with van der Waals surface area (Å²) in [6.45, 7) is 2.24. The summed E-state index contributed by atoms with van der Waals surface area (Å²) >= 11 is 5.85. The minimum absolute atomic E-state index is 0.0692. The van der Waals surface area contributed by atoms with E-state index < -0.39 is 5.97 Å². The zero-order valence-electron chi connectivity index (χ0n) is 10.3. The molecule has 18 heavy (non-hydrogen) atoms. The minimum atomic E-state index is -0.833. The van der Waals surface area contributed by atoms with Crippen LogP contribution >= 0.6 is 11.6 Å². The highest BCUT2D eigenvalue weighted by atomic mass is 35.5. The molecule has 5 heteroatoms. The van der Waals surface area contributed by atoms with Crippen LogP contribution in [-0.4, -0.2) is 23.7 Å². The molecular formula is C13H18ClNO3. The van der Waals surface area contributed by atoms with Crippen molar-refractivity contribution in [3.63, 3.8) is 0 Å². The van der Waals surface area contributed by atoms with Crippen LogP contribution in [0.3, 0.4) is 0 Å². The summed E-state index contributed by atoms with van der Waals surface area (Å²) in [5, 5.41) is 9.35. The van der Waals surface area contributed by atoms with Crippen LogP contribution < -0.4 is 10.5 Å². The van der Waals surface area contributed by atoms with E-state index in [2.05, 4.69) is 0 Å². The number of carboxylic acid groups (broad SMARTS) is 1. The molecule has 0 saturated carbocycles. The molecule has 0 saturated heterocycles. The van der Waals surface area contributed by atoms with Crippen molar-refractivity contribution < 1.29 is 14.6 Å². The Morgan fingerprint density at radius 1 is 1.56 bits per heavy atom. The number of halogens is 1. The normalized spacial score (nSPS) is 13.9. The van der Waals surface area contributed by atoms with Gasteiger partial charge in [-0.3, -0.25) is 4.79 Å². The van der Waals surface area contributed by atoms with Crippen molar-refractivity contribution in [2.45, 2.75) is 25.9 Å². The highest BCUT2D eigenvalue weighted by molar-refractivity contribution is 6.30. The van der Waals surface area contributed by atoms with Gasteiger partial charge in [0.05, 0.1) is 6.10 Å². The summed E-state index contributed by atoms with van der Waals surface area (Å²) in [6.07, 6.45) is 0.575. The summed E-state index contributed by atoms with van der Waals surface area (Å²) in [5.74, 6) is -0.224. The molecule has 1 rings (SSSR count). The Balaban J connectivity index is 2.49. The van der Waals surface area contributed by atoms with Gasteiger partial charge in [-0.1, -0.05) is 17.7 Å². The van der Waals surface area contributed by atoms with Gasteiger partial charge in [0.1, 0.15) is 5.75 Å². The second-order valence-electron chi connectivity index (χ2n) is 4.32. The van der Waals surface area contributed by atoms with E-state index in [-0.39, 0.29) is 18.4 Å². The SMILES string of the molecule is C[C@@H](C[C@H](CN)CC(=O)O)Oc1cccc(Cl)c1. The molecule has 2 atom stereocenters. The van der Waals surface area contributed by atoms with Crippen LogP contribution in [0.2, 0.25) is 5.02 Å². The van der Waals surface area contributed by atoms with Crippen molar-refractivity contribution in [3.8, 4) is 5.75 Å². The number of carbonyl (C=O) groups is 1. The lowest BCUT2D eigenvalue weighted by molar-refractivity contribution is -0.138. The van der Waals surface area contributed by atoms with Crippen molar-refractivity contribution in [1.82, 2.24) is 0 Å². The lowest BCUT2D eigenvalue weighted by atomic mass is 9.99. The number of carboxylic acids is 1. The van der Waals surface area contributed by atoms with Gasteiger partial charge in [0.25, 0.3) is 0 Å². The van der Waals surface area contributed by atoms with Crippen molar-refractivity contribution in [3.05, 3.63) is 29.3 Å². The maximum atomic E-state index is 10.6. The molecule has 100 valence electrons. The molecule has 0 amide bonds. The number of benzene rings is 1. The fraction of sp³-hybridized carbons (Fsp3) is 0.462. The molecule has 0 heterocycles. The summed E-state index contributed by atoms with van der Waals surface area (Å²) in [7, 11) is 0. The van der Waals surface area contributed by atoms with Gasteiger partial charge in [0.15, 0.2) is 0 Å². The van der Waals surface area contributed by atoms with E-state index in [1.165, 1.54) is 0 Å². The third-order valence-electron chi connectivity index (χ3n) is 2.60. The Morgan fingerprint density at radius 3 is 2.83 bits per heavy atom. The zero-order chi connectivity index (χ0) is 13.5. The first-order valence-electron chi connectivity index (χ1n) is 5.85. The molecule has 0 aliphatic rings. The molecule has 0 aliphatic carbocycles. The predicted octanol–water partition coefficient (Wildman–Crippen LogP) is 2.55. The highest BCUT2D eigenvalue weighted by Gasteiger charge is 2.16. The average Bonchev–Trinajstić information content (AvgIpc) is 2.27. The van der Waals surface area contributed by atoms with Crippen molar-refractivity contribution in [2.24, 2.45) is 11.7 Å². The van der Waals surface area contributed by atoms with Crippen LogP contribution in [0.4, 0.5) is 0 Å². The monoisotopic (exact) mass is 271 g/mol. The second kappa shape index (κ2) is 7.24. The van der Waals surface area contributed by atoms with Gasteiger partial charge in [0.2, 0.25) is 0 Å². The number of hydrogen-bond acceptors (Lipinski definition) is 3. The number of hydrogen-bond donors (Lipinski definition) is 2. The van der Waals surface area contributed by atoms with Crippen LogP contribution in [0.5, 0.6) is 5.75 Å². The van der Waals surface area contributed by atoms with E-state index in [0.29, 0.717) is 23.7 Å². The van der Waals surface area contributed by atoms with Crippen molar-refractivity contribution in [1.29, 1.82) is 0 Å². The molecule has 0 aromatic heterocycles. The van der Waals surface area contributed by atoms with Gasteiger partial charge in [-0.2, -0.15) is 0 Å². The number of ether oxygens (including phenoxy) is 1. The van der Waals surface area contributed by atoms with Crippen LogP contribution in [0.1, 0.15) is 19.8 Å². The lowest BCUT2D eigenvalue weighted by Gasteiger charge is -2.19. The lowest BCUT2D eigenvalue weighted by Crippen LogP contribution is -2.24. The molecule has 0 unspecified atom stereocenters. The summed E-state index contributed by atoms with van der Waals surface area (Å²) < 4.78 is 5.68. The zero-order valence-corrected chi connectivity index (χ0v) is 11.1. The Morgan fingerprint density at radius 2 is 2.28 bits per heavy atom. The van der Waals surface area contributed by atoms with Crippen molar-refractivity contribution >= 4 is 17.6 Å². The van der Waals surface area contributed by atoms with Gasteiger partial charge in [-0.15, -0.1) is 0 Å². The average molecular weight is 272 g/mol. The Hall–Kier alpha value is -1.26. The van der Waals surface area contributed by atoms with Crippen LogP contribution in [-0.2, 0) is 4.79 Å². The third kappa shape index (κ3) is 5.38. The molecule has 3 N–H and O–H groups in total. The molecule has 1 aromatic carbocycles. The molecule has 0 bridgehead atoms. The Kier molecular flexibility index (Phi) is 5.95. The summed E-state index contributed by atoms with van der Waals surface area (Å²) in [6, 6.07) is 7.12. The van der Waals surface area contributed by atoms with E-state index in [1.54, 1.807) is 12.1 Å². The molecule has 0 radical (unpaired) electrons. The largest absolute Gasteiger partial charge is 0.491 e. The van der Waals surface area contributed by atoms with Gasteiger partial charge < -0.3 is 15.6 Å². The first-order valence-corrected chi connectivity index (χ1v) is 6.23. The summed E-state index contributed by atoms with van der Waals surface area (Å²) in [4.78, 5) is 10.6. The van der Waals surface area contributed by atoms with Gasteiger partial charge in [-0.05, 0) is 44.0 Å². The standard InChI is InChI=1S/C13H18ClNO3/c1-9(5-10(8-15)6-13(16)17)18-12-4-2-3-11(14)7-12/h2-4,7,9-10H,5-6,8,15H2,1H3,(H,16,17)/t9-,10-/m0/s1. The van der Waals surface area contributed by atoms with Crippen LogP contribution in [0, 0.1) is 5.92 Å². The first kappa shape index (κ1) is 14.8. The van der Waals surface area contributed by atoms with E-state index >= 15 is 0 Å². The Bertz CT molecular complexity index is 398. The molecular weight excluding hydrogens is 254 g/mol. The number of rotatable bonds is 7. The maximum Gasteiger partial charge on any atom is 0.303 e. The van der Waals surface area contributed by atoms with Crippen LogP contribution in [0.15, 0.2) is 24.3 Å². The van der Waals surface area contributed by atoms with Crippen LogP contribution in [0.25, 0.3) is 0 Å². The maximum absolute atomic E-state index is 10.6. The summed E-state index contributed by atoms with van der Waals surface area (Å²) in [5.41, 5.74) is 5.55. The predicted molar refractivity (Wildman–Crippen MR) is 71.0 cm³/mol. The van der Waals surface area contributed by atoms with E-state index in [0.717, 1.165) is 0 Å². The Labute approximate surface area is 112 Å². The van der Waals surface area contributed by atoms with E-state index in [9.17, 15) is 4.79 Å². The quantitative estimate of drug-likeness (QED) is 0.799. The van der Waals surface area contributed by atoms with E-state index in [4.69, 9.17) is 27.2 Å². The van der Waals surface area contributed by atoms with E-state index in [1.807, 2.05) is 19.1 Å². The fourth-order valence-corrected chi connectivity index (χ4v) is 1.98. The van der Waals surface area contributed by atoms with Gasteiger partial charge in [-0.25, -0.2) is 0 Å². The molecule has 0 fully saturated rings. The third-order valence-corrected chi connectivity index (χ3v) is 2.83. The number of aliphatic carboxylic acids is 1. The molecule has 0 spiro atoms. The second-order valence-corrected chi connectivity index (χ2v) is 4.76.